The van der Waals surface area contributed by atoms with Gasteiger partial charge in [-0.2, -0.15) is 0 Å². The highest BCUT2D eigenvalue weighted by Gasteiger charge is 2.03. The molecule has 3 nitrogen and oxygen atoms in total. The zero-order chi connectivity index (χ0) is 11.1. The first-order chi connectivity index (χ1) is 7.24. The van der Waals surface area contributed by atoms with Crippen LogP contribution in [0.15, 0.2) is 31.0 Å². The molecule has 0 saturated carbocycles. The van der Waals surface area contributed by atoms with E-state index in [0.717, 1.165) is 12.1 Å². The van der Waals surface area contributed by atoms with Gasteiger partial charge < -0.3 is 10.1 Å². The highest BCUT2D eigenvalue weighted by atomic mass is 16.5. The minimum atomic E-state index is 0.456. The summed E-state index contributed by atoms with van der Waals surface area (Å²) >= 11 is 0. The van der Waals surface area contributed by atoms with Crippen LogP contribution in [0.1, 0.15) is 19.4 Å². The van der Waals surface area contributed by atoms with Crippen LogP contribution in [0.25, 0.3) is 0 Å². The summed E-state index contributed by atoms with van der Waals surface area (Å²) < 4.78 is 5.45. The Morgan fingerprint density at radius 3 is 3.07 bits per heavy atom. The van der Waals surface area contributed by atoms with E-state index in [-0.39, 0.29) is 0 Å². The molecule has 1 N–H and O–H groups in total. The predicted molar refractivity (Wildman–Crippen MR) is 61.9 cm³/mol. The van der Waals surface area contributed by atoms with Crippen LogP contribution < -0.4 is 10.1 Å². The van der Waals surface area contributed by atoms with Crippen molar-refractivity contribution in [1.29, 1.82) is 0 Å². The highest BCUT2D eigenvalue weighted by Crippen LogP contribution is 2.13. The normalized spacial score (nSPS) is 10.3. The molecule has 0 aromatic carbocycles. The van der Waals surface area contributed by atoms with Crippen molar-refractivity contribution in [2.45, 2.75) is 26.4 Å². The molecule has 0 spiro atoms. The van der Waals surface area contributed by atoms with E-state index >= 15 is 0 Å². The van der Waals surface area contributed by atoms with E-state index in [1.807, 2.05) is 12.1 Å². The smallest absolute Gasteiger partial charge is 0.218 e. The number of nitrogens with one attached hydrogen (secondary N) is 1. The van der Waals surface area contributed by atoms with Crippen molar-refractivity contribution < 1.29 is 4.74 Å². The average Bonchev–Trinajstić information content (AvgIpc) is 2.24. The third kappa shape index (κ3) is 4.13. The fourth-order valence-electron chi connectivity index (χ4n) is 1.14. The van der Waals surface area contributed by atoms with Gasteiger partial charge >= 0.3 is 0 Å². The average molecular weight is 206 g/mol. The fourth-order valence-corrected chi connectivity index (χ4v) is 1.14. The number of ether oxygens (including phenoxy) is 1. The number of nitrogens with zero attached hydrogens (tertiary/aromatic N) is 1. The van der Waals surface area contributed by atoms with Crippen molar-refractivity contribution in [1.82, 2.24) is 10.3 Å². The molecule has 0 aliphatic carbocycles. The Kier molecular flexibility index (Phi) is 4.84. The van der Waals surface area contributed by atoms with Crippen LogP contribution >= 0.6 is 0 Å². The van der Waals surface area contributed by atoms with E-state index in [9.17, 15) is 0 Å². The quantitative estimate of drug-likeness (QED) is 0.724. The van der Waals surface area contributed by atoms with Crippen molar-refractivity contribution in [2.75, 3.05) is 6.61 Å². The van der Waals surface area contributed by atoms with Crippen molar-refractivity contribution in [3.63, 3.8) is 0 Å². The first kappa shape index (κ1) is 11.7. The van der Waals surface area contributed by atoms with Crippen LogP contribution in [0.4, 0.5) is 0 Å². The van der Waals surface area contributed by atoms with E-state index in [4.69, 9.17) is 4.74 Å². The Labute approximate surface area is 91.2 Å². The second-order valence-corrected chi connectivity index (χ2v) is 3.60. The Bertz CT molecular complexity index is 310. The molecule has 0 atom stereocenters. The van der Waals surface area contributed by atoms with Gasteiger partial charge in [-0.25, -0.2) is 4.98 Å². The molecule has 0 radical (unpaired) electrons. The number of rotatable bonds is 6. The SMILES string of the molecule is C=CCOc1ncccc1CNC(C)C. The zero-order valence-corrected chi connectivity index (χ0v) is 9.36. The second-order valence-electron chi connectivity index (χ2n) is 3.60. The molecule has 0 aliphatic heterocycles. The molecule has 0 unspecified atom stereocenters. The second kappa shape index (κ2) is 6.19. The van der Waals surface area contributed by atoms with Gasteiger partial charge in [-0.15, -0.1) is 0 Å². The van der Waals surface area contributed by atoms with Gasteiger partial charge in [0.05, 0.1) is 0 Å². The minimum Gasteiger partial charge on any atom is -0.473 e. The molecule has 0 bridgehead atoms. The van der Waals surface area contributed by atoms with Crippen LogP contribution in [-0.2, 0) is 6.54 Å². The number of aromatic nitrogens is 1. The summed E-state index contributed by atoms with van der Waals surface area (Å²) in [5.41, 5.74) is 1.08. The summed E-state index contributed by atoms with van der Waals surface area (Å²) in [5, 5.41) is 3.33. The minimum absolute atomic E-state index is 0.456. The Morgan fingerprint density at radius 2 is 2.40 bits per heavy atom. The van der Waals surface area contributed by atoms with Crippen molar-refractivity contribution in [3.05, 3.63) is 36.5 Å². The van der Waals surface area contributed by atoms with E-state index in [2.05, 4.69) is 30.7 Å². The van der Waals surface area contributed by atoms with Crippen LogP contribution in [-0.4, -0.2) is 17.6 Å². The third-order valence-electron chi connectivity index (χ3n) is 1.89. The first-order valence-corrected chi connectivity index (χ1v) is 5.15. The maximum atomic E-state index is 5.45. The molecular weight excluding hydrogens is 188 g/mol. The topological polar surface area (TPSA) is 34.1 Å². The number of hydrogen-bond acceptors (Lipinski definition) is 3. The summed E-state index contributed by atoms with van der Waals surface area (Å²) in [6.07, 6.45) is 3.45. The number of hydrogen-bond donors (Lipinski definition) is 1. The zero-order valence-electron chi connectivity index (χ0n) is 9.36. The highest BCUT2D eigenvalue weighted by molar-refractivity contribution is 5.25. The molecule has 82 valence electrons. The van der Waals surface area contributed by atoms with E-state index in [1.54, 1.807) is 12.3 Å². The summed E-state index contributed by atoms with van der Waals surface area (Å²) in [5.74, 6) is 0.686. The lowest BCUT2D eigenvalue weighted by atomic mass is 10.2. The van der Waals surface area contributed by atoms with Gasteiger partial charge in [-0.1, -0.05) is 32.6 Å². The lowest BCUT2D eigenvalue weighted by Crippen LogP contribution is -2.22. The molecule has 0 fully saturated rings. The van der Waals surface area contributed by atoms with Crippen LogP contribution in [0.5, 0.6) is 5.88 Å². The first-order valence-electron chi connectivity index (χ1n) is 5.15. The standard InChI is InChI=1S/C12H18N2O/c1-4-8-15-12-11(6-5-7-13-12)9-14-10(2)3/h4-7,10,14H,1,8-9H2,2-3H3. The summed E-state index contributed by atoms with van der Waals surface area (Å²) in [4.78, 5) is 4.18. The Hall–Kier alpha value is -1.35. The van der Waals surface area contributed by atoms with Gasteiger partial charge in [0.1, 0.15) is 6.61 Å². The lowest BCUT2D eigenvalue weighted by molar-refractivity contribution is 0.342. The van der Waals surface area contributed by atoms with Gasteiger partial charge in [0, 0.05) is 24.3 Å². The fraction of sp³-hybridized carbons (Fsp3) is 0.417. The van der Waals surface area contributed by atoms with Crippen LogP contribution in [0, 0.1) is 0 Å². The molecule has 15 heavy (non-hydrogen) atoms. The van der Waals surface area contributed by atoms with Crippen LogP contribution in [0.2, 0.25) is 0 Å². The molecule has 0 amide bonds. The Balaban J connectivity index is 2.63. The molecule has 1 aromatic heterocycles. The summed E-state index contributed by atoms with van der Waals surface area (Å²) in [6, 6.07) is 4.39. The van der Waals surface area contributed by atoms with Crippen LogP contribution in [0.3, 0.4) is 0 Å². The number of pyridine rings is 1. The van der Waals surface area contributed by atoms with Gasteiger partial charge in [0.15, 0.2) is 0 Å². The molecule has 0 aliphatic rings. The largest absolute Gasteiger partial charge is 0.473 e. The third-order valence-corrected chi connectivity index (χ3v) is 1.89. The van der Waals surface area contributed by atoms with Crippen molar-refractivity contribution >= 4 is 0 Å². The summed E-state index contributed by atoms with van der Waals surface area (Å²) in [7, 11) is 0. The van der Waals surface area contributed by atoms with Gasteiger partial charge in [0.25, 0.3) is 0 Å². The molecule has 1 rings (SSSR count). The summed E-state index contributed by atoms with van der Waals surface area (Å²) in [6.45, 7) is 9.10. The van der Waals surface area contributed by atoms with Crippen molar-refractivity contribution in [3.8, 4) is 5.88 Å². The monoisotopic (exact) mass is 206 g/mol. The molecule has 1 aromatic rings. The molecule has 1 heterocycles. The lowest BCUT2D eigenvalue weighted by Gasteiger charge is -2.11. The van der Waals surface area contributed by atoms with Gasteiger partial charge in [-0.3, -0.25) is 0 Å². The van der Waals surface area contributed by atoms with Gasteiger partial charge in [-0.05, 0) is 6.07 Å². The van der Waals surface area contributed by atoms with E-state index in [0.29, 0.717) is 18.5 Å². The van der Waals surface area contributed by atoms with E-state index < -0.39 is 0 Å². The molecule has 0 saturated heterocycles. The van der Waals surface area contributed by atoms with E-state index in [1.165, 1.54) is 0 Å². The predicted octanol–water partition coefficient (Wildman–Crippen LogP) is 2.14. The maximum absolute atomic E-state index is 5.45. The van der Waals surface area contributed by atoms with Gasteiger partial charge in [0.2, 0.25) is 5.88 Å². The molecule has 3 heteroatoms. The maximum Gasteiger partial charge on any atom is 0.218 e. The Morgan fingerprint density at radius 1 is 1.60 bits per heavy atom. The van der Waals surface area contributed by atoms with Crippen molar-refractivity contribution in [2.24, 2.45) is 0 Å². The molecular formula is C12H18N2O.